The molecule has 0 saturated carbocycles. The molecule has 2 rings (SSSR count). The second-order valence-corrected chi connectivity index (χ2v) is 4.33. The third-order valence-electron chi connectivity index (χ3n) is 1.94. The van der Waals surface area contributed by atoms with Crippen molar-refractivity contribution in [2.45, 2.75) is 25.4 Å². The fourth-order valence-electron chi connectivity index (χ4n) is 1.35. The van der Waals surface area contributed by atoms with Gasteiger partial charge in [-0.1, -0.05) is 11.8 Å². The fraction of sp³-hybridized carbons (Fsp3) is 0.444. The van der Waals surface area contributed by atoms with E-state index in [-0.39, 0.29) is 5.75 Å². The molecule has 0 saturated heterocycles. The van der Waals surface area contributed by atoms with Gasteiger partial charge in [0.15, 0.2) is 0 Å². The molecular weight excluding hydrogens is 234 g/mol. The van der Waals surface area contributed by atoms with Gasteiger partial charge in [0.25, 0.3) is 5.78 Å². The summed E-state index contributed by atoms with van der Waals surface area (Å²) in [4.78, 5) is 8.25. The zero-order valence-electron chi connectivity index (χ0n) is 8.81. The number of nitrogens with zero attached hydrogens (tertiary/aromatic N) is 4. The molecule has 0 atom stereocenters. The van der Waals surface area contributed by atoms with E-state index in [4.69, 9.17) is 0 Å². The minimum atomic E-state index is -2.35. The maximum absolute atomic E-state index is 12.0. The van der Waals surface area contributed by atoms with Crippen LogP contribution in [-0.2, 0) is 0 Å². The number of hydrogen-bond acceptors (Lipinski definition) is 4. The second-order valence-electron chi connectivity index (χ2n) is 3.35. The van der Waals surface area contributed by atoms with E-state index in [2.05, 4.69) is 15.1 Å². The minimum Gasteiger partial charge on any atom is -0.216 e. The minimum absolute atomic E-state index is 0.297. The van der Waals surface area contributed by atoms with Crippen molar-refractivity contribution in [2.75, 3.05) is 5.75 Å². The molecule has 0 fully saturated rings. The normalized spacial score (nSPS) is 11.6. The molecule has 2 aromatic rings. The van der Waals surface area contributed by atoms with Gasteiger partial charge in [-0.25, -0.2) is 18.3 Å². The highest BCUT2D eigenvalue weighted by Crippen LogP contribution is 2.17. The molecule has 7 heteroatoms. The molecule has 0 radical (unpaired) electrons. The summed E-state index contributed by atoms with van der Waals surface area (Å²) in [7, 11) is 0. The van der Waals surface area contributed by atoms with E-state index in [0.29, 0.717) is 10.9 Å². The Kier molecular flexibility index (Phi) is 3.04. The number of fused-ring (bicyclic) bond motifs is 1. The lowest BCUT2D eigenvalue weighted by molar-refractivity contribution is 0.176. The summed E-state index contributed by atoms with van der Waals surface area (Å²) < 4.78 is 25.6. The van der Waals surface area contributed by atoms with Crippen molar-refractivity contribution in [1.82, 2.24) is 19.6 Å². The van der Waals surface area contributed by atoms with Gasteiger partial charge in [-0.05, 0) is 19.9 Å². The van der Waals surface area contributed by atoms with Crippen molar-refractivity contribution in [2.24, 2.45) is 0 Å². The first-order chi connectivity index (χ1) is 7.56. The van der Waals surface area contributed by atoms with E-state index in [1.807, 2.05) is 19.9 Å². The largest absolute Gasteiger partial charge is 0.253 e. The molecule has 0 aliphatic heterocycles. The van der Waals surface area contributed by atoms with Crippen molar-refractivity contribution in [3.63, 3.8) is 0 Å². The average molecular weight is 244 g/mol. The molecule has 0 aromatic carbocycles. The van der Waals surface area contributed by atoms with Crippen LogP contribution in [0.4, 0.5) is 8.78 Å². The smallest absolute Gasteiger partial charge is 0.216 e. The van der Waals surface area contributed by atoms with Crippen LogP contribution in [0.15, 0.2) is 11.2 Å². The van der Waals surface area contributed by atoms with E-state index in [1.54, 1.807) is 4.52 Å². The third-order valence-corrected chi connectivity index (χ3v) is 2.79. The van der Waals surface area contributed by atoms with Gasteiger partial charge in [0, 0.05) is 11.4 Å². The summed E-state index contributed by atoms with van der Waals surface area (Å²) in [5.74, 6) is 0.156. The Balaban J connectivity index is 2.33. The lowest BCUT2D eigenvalue weighted by atomic mass is 10.4. The second kappa shape index (κ2) is 4.32. The van der Waals surface area contributed by atoms with Gasteiger partial charge in [0.1, 0.15) is 0 Å². The van der Waals surface area contributed by atoms with Crippen LogP contribution in [0, 0.1) is 13.8 Å². The molecule has 0 spiro atoms. The van der Waals surface area contributed by atoms with Crippen molar-refractivity contribution in [1.29, 1.82) is 0 Å². The summed E-state index contributed by atoms with van der Waals surface area (Å²) in [5.41, 5.74) is 1.72. The van der Waals surface area contributed by atoms with Crippen molar-refractivity contribution in [3.8, 4) is 0 Å². The monoisotopic (exact) mass is 244 g/mol. The van der Waals surface area contributed by atoms with Gasteiger partial charge in [-0.2, -0.15) is 4.98 Å². The summed E-state index contributed by atoms with van der Waals surface area (Å²) >= 11 is 0.936. The topological polar surface area (TPSA) is 43.1 Å². The Bertz CT molecular complexity index is 511. The zero-order valence-corrected chi connectivity index (χ0v) is 9.63. The number of thioether (sulfide) groups is 1. The van der Waals surface area contributed by atoms with Crippen LogP contribution in [0.25, 0.3) is 5.78 Å². The lowest BCUT2D eigenvalue weighted by Gasteiger charge is -1.97. The molecule has 86 valence electrons. The lowest BCUT2D eigenvalue weighted by Crippen LogP contribution is -1.97. The highest BCUT2D eigenvalue weighted by Gasteiger charge is 2.10. The molecular formula is C9H10F2N4S. The highest BCUT2D eigenvalue weighted by atomic mass is 32.2. The standard InChI is InChI=1S/C9H10F2N4S/c1-5-3-6(2)15-8(12-5)13-9(14-15)16-4-7(10)11/h3,7H,4H2,1-2H3. The number of aryl methyl sites for hydroxylation is 2. The van der Waals surface area contributed by atoms with Gasteiger partial charge >= 0.3 is 0 Å². The Morgan fingerprint density at radius 3 is 2.81 bits per heavy atom. The number of rotatable bonds is 3. The van der Waals surface area contributed by atoms with E-state index < -0.39 is 6.43 Å². The van der Waals surface area contributed by atoms with Crippen molar-refractivity contribution in [3.05, 3.63) is 17.5 Å². The molecule has 2 heterocycles. The number of alkyl halides is 2. The highest BCUT2D eigenvalue weighted by molar-refractivity contribution is 7.99. The van der Waals surface area contributed by atoms with Crippen LogP contribution in [0.2, 0.25) is 0 Å². The molecule has 0 amide bonds. The molecule has 0 aliphatic rings. The van der Waals surface area contributed by atoms with Gasteiger partial charge in [-0.15, -0.1) is 5.10 Å². The molecule has 2 aromatic heterocycles. The first-order valence-corrected chi connectivity index (χ1v) is 5.67. The Morgan fingerprint density at radius 1 is 1.38 bits per heavy atom. The number of halogens is 2. The van der Waals surface area contributed by atoms with E-state index in [9.17, 15) is 8.78 Å². The van der Waals surface area contributed by atoms with E-state index in [0.717, 1.165) is 23.1 Å². The summed E-state index contributed by atoms with van der Waals surface area (Å²) in [6.45, 7) is 3.73. The predicted molar refractivity (Wildman–Crippen MR) is 57.0 cm³/mol. The van der Waals surface area contributed by atoms with Crippen LogP contribution < -0.4 is 0 Å². The molecule has 0 N–H and O–H groups in total. The first kappa shape index (κ1) is 11.3. The average Bonchev–Trinajstić information content (AvgIpc) is 2.57. The van der Waals surface area contributed by atoms with E-state index in [1.165, 1.54) is 0 Å². The van der Waals surface area contributed by atoms with E-state index >= 15 is 0 Å². The van der Waals surface area contributed by atoms with Crippen LogP contribution in [0.3, 0.4) is 0 Å². The fourth-order valence-corrected chi connectivity index (χ4v) is 1.91. The Morgan fingerprint density at radius 2 is 2.12 bits per heavy atom. The first-order valence-electron chi connectivity index (χ1n) is 4.68. The van der Waals surface area contributed by atoms with Gasteiger partial charge in [0.2, 0.25) is 11.6 Å². The summed E-state index contributed by atoms with van der Waals surface area (Å²) in [6.07, 6.45) is -2.35. The quantitative estimate of drug-likeness (QED) is 0.775. The van der Waals surface area contributed by atoms with Crippen LogP contribution in [0.5, 0.6) is 0 Å². The maximum atomic E-state index is 12.0. The Hall–Kier alpha value is -1.24. The Labute approximate surface area is 95.1 Å². The molecule has 4 nitrogen and oxygen atoms in total. The van der Waals surface area contributed by atoms with Crippen LogP contribution in [0.1, 0.15) is 11.4 Å². The molecule has 16 heavy (non-hydrogen) atoms. The summed E-state index contributed by atoms with van der Waals surface area (Å²) in [5, 5.41) is 4.43. The molecule has 0 bridgehead atoms. The van der Waals surface area contributed by atoms with Gasteiger partial charge in [0.05, 0.1) is 5.75 Å². The zero-order chi connectivity index (χ0) is 11.7. The van der Waals surface area contributed by atoms with Crippen LogP contribution in [-0.4, -0.2) is 31.8 Å². The van der Waals surface area contributed by atoms with Crippen molar-refractivity contribution >= 4 is 17.5 Å². The summed E-state index contributed by atoms with van der Waals surface area (Å²) in [6, 6.07) is 1.86. The van der Waals surface area contributed by atoms with Crippen molar-refractivity contribution < 1.29 is 8.78 Å². The molecule has 0 unspecified atom stereocenters. The maximum Gasteiger partial charge on any atom is 0.253 e. The third kappa shape index (κ3) is 2.29. The van der Waals surface area contributed by atoms with Gasteiger partial charge < -0.3 is 0 Å². The van der Waals surface area contributed by atoms with Crippen LogP contribution >= 0.6 is 11.8 Å². The SMILES string of the molecule is Cc1cc(C)n2nc(SCC(F)F)nc2n1. The molecule has 0 aliphatic carbocycles. The number of aromatic nitrogens is 4. The van der Waals surface area contributed by atoms with Gasteiger partial charge in [-0.3, -0.25) is 0 Å². The number of hydrogen-bond donors (Lipinski definition) is 0. The predicted octanol–water partition coefficient (Wildman–Crippen LogP) is 2.10.